The molecule has 1 aliphatic heterocycles. The van der Waals surface area contributed by atoms with Gasteiger partial charge in [0.1, 0.15) is 0 Å². The first-order valence-corrected chi connectivity index (χ1v) is 8.21. The first kappa shape index (κ1) is 15.3. The van der Waals surface area contributed by atoms with Crippen molar-refractivity contribution in [3.63, 3.8) is 0 Å². The Morgan fingerprint density at radius 2 is 1.79 bits per heavy atom. The molecule has 2 unspecified atom stereocenters. The van der Waals surface area contributed by atoms with Crippen molar-refractivity contribution in [3.05, 3.63) is 0 Å². The third-order valence-corrected chi connectivity index (χ3v) is 5.62. The van der Waals surface area contributed by atoms with Crippen LogP contribution in [-0.4, -0.2) is 62.7 Å². The van der Waals surface area contributed by atoms with Gasteiger partial charge in [-0.05, 0) is 45.8 Å². The van der Waals surface area contributed by atoms with Gasteiger partial charge in [0.05, 0.1) is 0 Å². The Bertz CT molecular complexity index is 261. The maximum atomic E-state index is 3.66. The van der Waals surface area contributed by atoms with E-state index in [0.717, 1.165) is 11.8 Å². The molecule has 3 nitrogen and oxygen atoms in total. The Morgan fingerprint density at radius 3 is 2.37 bits per heavy atom. The molecular formula is C16H33N3. The standard InChI is InChI=1S/C16H33N3/c1-5-13-6-8-14(9-7-13)16(17-2)15-12-18(3)10-11-19(15)4/h13-17H,5-12H2,1-4H3. The monoisotopic (exact) mass is 267 g/mol. The van der Waals surface area contributed by atoms with Crippen molar-refractivity contribution in [2.45, 2.75) is 51.1 Å². The summed E-state index contributed by atoms with van der Waals surface area (Å²) in [5.41, 5.74) is 0. The first-order chi connectivity index (χ1) is 9.15. The zero-order valence-corrected chi connectivity index (χ0v) is 13.4. The highest BCUT2D eigenvalue weighted by Gasteiger charge is 2.35. The molecule has 0 spiro atoms. The summed E-state index contributed by atoms with van der Waals surface area (Å²) in [5, 5.41) is 3.66. The quantitative estimate of drug-likeness (QED) is 0.841. The second-order valence-electron chi connectivity index (χ2n) is 6.81. The molecule has 0 bridgehead atoms. The van der Waals surface area contributed by atoms with Gasteiger partial charge in [-0.15, -0.1) is 0 Å². The Morgan fingerprint density at radius 1 is 1.11 bits per heavy atom. The number of nitrogens with zero attached hydrogens (tertiary/aromatic N) is 2. The SMILES string of the molecule is CCC1CCC(C(NC)C2CN(C)CCN2C)CC1. The van der Waals surface area contributed by atoms with E-state index in [4.69, 9.17) is 0 Å². The van der Waals surface area contributed by atoms with Crippen LogP contribution in [0, 0.1) is 11.8 Å². The Labute approximate surface area is 119 Å². The van der Waals surface area contributed by atoms with Gasteiger partial charge in [0.25, 0.3) is 0 Å². The number of piperazine rings is 1. The number of nitrogens with one attached hydrogen (secondary N) is 1. The molecule has 2 rings (SSSR count). The number of hydrogen-bond donors (Lipinski definition) is 1. The van der Waals surface area contributed by atoms with Gasteiger partial charge in [-0.3, -0.25) is 4.90 Å². The summed E-state index contributed by atoms with van der Waals surface area (Å²) in [6, 6.07) is 1.36. The largest absolute Gasteiger partial charge is 0.315 e. The van der Waals surface area contributed by atoms with Crippen molar-refractivity contribution in [3.8, 4) is 0 Å². The van der Waals surface area contributed by atoms with Crippen molar-refractivity contribution >= 4 is 0 Å². The highest BCUT2D eigenvalue weighted by molar-refractivity contribution is 4.93. The molecule has 0 aromatic heterocycles. The summed E-state index contributed by atoms with van der Waals surface area (Å²) in [4.78, 5) is 5.07. The molecule has 2 fully saturated rings. The fourth-order valence-electron chi connectivity index (χ4n) is 4.13. The Balaban J connectivity index is 1.95. The summed E-state index contributed by atoms with van der Waals surface area (Å²) in [6.45, 7) is 6.00. The van der Waals surface area contributed by atoms with Crippen LogP contribution in [0.15, 0.2) is 0 Å². The second-order valence-corrected chi connectivity index (χ2v) is 6.81. The minimum atomic E-state index is 0.672. The molecule has 1 saturated carbocycles. The minimum Gasteiger partial charge on any atom is -0.315 e. The maximum Gasteiger partial charge on any atom is 0.0376 e. The van der Waals surface area contributed by atoms with Crippen LogP contribution in [0.25, 0.3) is 0 Å². The summed E-state index contributed by atoms with van der Waals surface area (Å²) in [7, 11) is 6.74. The predicted octanol–water partition coefficient (Wildman–Crippen LogP) is 2.04. The Kier molecular flexibility index (Phi) is 5.67. The molecule has 0 radical (unpaired) electrons. The number of rotatable bonds is 4. The molecule has 2 aliphatic rings. The van der Waals surface area contributed by atoms with Crippen molar-refractivity contribution in [2.75, 3.05) is 40.8 Å². The lowest BCUT2D eigenvalue weighted by Crippen LogP contribution is -2.60. The Hall–Kier alpha value is -0.120. The molecule has 0 aromatic rings. The van der Waals surface area contributed by atoms with Gasteiger partial charge in [0.15, 0.2) is 0 Å². The van der Waals surface area contributed by atoms with Gasteiger partial charge in [0, 0.05) is 31.7 Å². The van der Waals surface area contributed by atoms with Crippen molar-refractivity contribution in [2.24, 2.45) is 11.8 Å². The fraction of sp³-hybridized carbons (Fsp3) is 1.00. The van der Waals surface area contributed by atoms with Crippen LogP contribution < -0.4 is 5.32 Å². The first-order valence-electron chi connectivity index (χ1n) is 8.21. The van der Waals surface area contributed by atoms with Crippen LogP contribution in [0.5, 0.6) is 0 Å². The van der Waals surface area contributed by atoms with E-state index in [2.05, 4.69) is 43.2 Å². The number of hydrogen-bond acceptors (Lipinski definition) is 3. The summed E-state index contributed by atoms with van der Waals surface area (Å²) < 4.78 is 0. The highest BCUT2D eigenvalue weighted by atomic mass is 15.3. The van der Waals surface area contributed by atoms with Crippen LogP contribution in [0.3, 0.4) is 0 Å². The molecule has 3 heteroatoms. The molecule has 19 heavy (non-hydrogen) atoms. The highest BCUT2D eigenvalue weighted by Crippen LogP contribution is 2.34. The molecule has 1 aliphatic carbocycles. The third kappa shape index (κ3) is 3.71. The molecule has 0 aromatic carbocycles. The molecule has 0 amide bonds. The summed E-state index contributed by atoms with van der Waals surface area (Å²) >= 11 is 0. The van der Waals surface area contributed by atoms with E-state index >= 15 is 0 Å². The topological polar surface area (TPSA) is 18.5 Å². The average molecular weight is 267 g/mol. The smallest absolute Gasteiger partial charge is 0.0376 e. The zero-order valence-electron chi connectivity index (χ0n) is 13.4. The van der Waals surface area contributed by atoms with Crippen molar-refractivity contribution in [1.82, 2.24) is 15.1 Å². The lowest BCUT2D eigenvalue weighted by atomic mass is 9.75. The zero-order chi connectivity index (χ0) is 13.8. The van der Waals surface area contributed by atoms with Gasteiger partial charge in [-0.2, -0.15) is 0 Å². The molecular weight excluding hydrogens is 234 g/mol. The summed E-state index contributed by atoms with van der Waals surface area (Å²) in [5.74, 6) is 1.88. The van der Waals surface area contributed by atoms with Gasteiger partial charge in [-0.1, -0.05) is 26.2 Å². The second kappa shape index (κ2) is 7.05. The normalized spacial score (nSPS) is 36.3. The van der Waals surface area contributed by atoms with Gasteiger partial charge in [-0.25, -0.2) is 0 Å². The molecule has 1 saturated heterocycles. The fourth-order valence-corrected chi connectivity index (χ4v) is 4.13. The third-order valence-electron chi connectivity index (χ3n) is 5.62. The van der Waals surface area contributed by atoms with E-state index in [1.165, 1.54) is 51.7 Å². The maximum absolute atomic E-state index is 3.66. The van der Waals surface area contributed by atoms with E-state index in [-0.39, 0.29) is 0 Å². The summed E-state index contributed by atoms with van der Waals surface area (Å²) in [6.07, 6.45) is 7.14. The van der Waals surface area contributed by atoms with Crippen LogP contribution >= 0.6 is 0 Å². The van der Waals surface area contributed by atoms with Crippen LogP contribution in [0.1, 0.15) is 39.0 Å². The van der Waals surface area contributed by atoms with Gasteiger partial charge >= 0.3 is 0 Å². The van der Waals surface area contributed by atoms with E-state index in [9.17, 15) is 0 Å². The van der Waals surface area contributed by atoms with Crippen molar-refractivity contribution in [1.29, 1.82) is 0 Å². The number of likely N-dealkylation sites (N-methyl/N-ethyl adjacent to an activating group) is 3. The van der Waals surface area contributed by atoms with Crippen LogP contribution in [0.2, 0.25) is 0 Å². The van der Waals surface area contributed by atoms with Crippen molar-refractivity contribution < 1.29 is 0 Å². The predicted molar refractivity (Wildman–Crippen MR) is 82.5 cm³/mol. The van der Waals surface area contributed by atoms with E-state index in [1.807, 2.05) is 0 Å². The minimum absolute atomic E-state index is 0.672. The van der Waals surface area contributed by atoms with Gasteiger partial charge in [0.2, 0.25) is 0 Å². The van der Waals surface area contributed by atoms with E-state index in [1.54, 1.807) is 0 Å². The van der Waals surface area contributed by atoms with Gasteiger partial charge < -0.3 is 10.2 Å². The van der Waals surface area contributed by atoms with E-state index in [0.29, 0.717) is 12.1 Å². The van der Waals surface area contributed by atoms with E-state index < -0.39 is 0 Å². The molecule has 1 heterocycles. The van der Waals surface area contributed by atoms with Crippen LogP contribution in [-0.2, 0) is 0 Å². The molecule has 1 N–H and O–H groups in total. The average Bonchev–Trinajstić information content (AvgIpc) is 2.44. The van der Waals surface area contributed by atoms with Crippen LogP contribution in [0.4, 0.5) is 0 Å². The lowest BCUT2D eigenvalue weighted by molar-refractivity contribution is 0.0605. The molecule has 112 valence electrons. The lowest BCUT2D eigenvalue weighted by Gasteiger charge is -2.45. The molecule has 2 atom stereocenters.